The summed E-state index contributed by atoms with van der Waals surface area (Å²) in [5.41, 5.74) is 4.08. The minimum Gasteiger partial charge on any atom is -0.373 e. The SMILES string of the molecule is Cc1cn(C)c(N2CCC(CN(C=O)c3nc(-c4ccccc4C(C)C)ncc3N(C)C)CC2)n1. The Bertz CT molecular complexity index is 1160. The van der Waals surface area contributed by atoms with E-state index in [1.165, 1.54) is 5.56 Å². The molecule has 2 aromatic heterocycles. The van der Waals surface area contributed by atoms with Gasteiger partial charge in [-0.15, -0.1) is 0 Å². The van der Waals surface area contributed by atoms with Crippen LogP contribution in [0.3, 0.4) is 0 Å². The number of imidazole rings is 1. The maximum absolute atomic E-state index is 12.3. The highest BCUT2D eigenvalue weighted by molar-refractivity contribution is 5.82. The number of carbonyl (C=O) groups excluding carboxylic acids is 1. The Morgan fingerprint density at radius 3 is 2.46 bits per heavy atom. The third-order valence-corrected chi connectivity index (χ3v) is 6.78. The fourth-order valence-corrected chi connectivity index (χ4v) is 4.90. The zero-order chi connectivity index (χ0) is 25.1. The molecule has 0 bridgehead atoms. The molecule has 0 atom stereocenters. The molecular weight excluding hydrogens is 438 g/mol. The number of aryl methyl sites for hydroxylation is 2. The number of piperidine rings is 1. The van der Waals surface area contributed by atoms with Crippen LogP contribution in [0.2, 0.25) is 0 Å². The topological polar surface area (TPSA) is 70.4 Å². The maximum Gasteiger partial charge on any atom is 0.215 e. The molecule has 8 heteroatoms. The van der Waals surface area contributed by atoms with Crippen LogP contribution >= 0.6 is 0 Å². The number of hydrogen-bond donors (Lipinski definition) is 0. The molecule has 1 amide bonds. The van der Waals surface area contributed by atoms with Gasteiger partial charge in [0.2, 0.25) is 12.4 Å². The Kier molecular flexibility index (Phi) is 7.38. The number of anilines is 3. The number of nitrogens with zero attached hydrogens (tertiary/aromatic N) is 7. The molecule has 1 aliphatic rings. The third-order valence-electron chi connectivity index (χ3n) is 6.78. The average Bonchev–Trinajstić information content (AvgIpc) is 3.20. The van der Waals surface area contributed by atoms with E-state index in [0.29, 0.717) is 30.0 Å². The van der Waals surface area contributed by atoms with Gasteiger partial charge in [0.15, 0.2) is 11.6 Å². The zero-order valence-corrected chi connectivity index (χ0v) is 21.8. The van der Waals surface area contributed by atoms with Gasteiger partial charge in [-0.3, -0.25) is 9.69 Å². The molecule has 3 aromatic rings. The molecule has 8 nitrogen and oxygen atoms in total. The van der Waals surface area contributed by atoms with Gasteiger partial charge >= 0.3 is 0 Å². The predicted molar refractivity (Wildman–Crippen MR) is 142 cm³/mol. The van der Waals surface area contributed by atoms with Gasteiger partial charge in [0.05, 0.1) is 17.6 Å². The van der Waals surface area contributed by atoms with Crippen LogP contribution in [-0.2, 0) is 11.8 Å². The minimum atomic E-state index is 0.349. The highest BCUT2D eigenvalue weighted by atomic mass is 16.1. The summed E-state index contributed by atoms with van der Waals surface area (Å²) in [5.74, 6) is 3.08. The Morgan fingerprint density at radius 1 is 1.14 bits per heavy atom. The fraction of sp³-hybridized carbons (Fsp3) is 0.481. The summed E-state index contributed by atoms with van der Waals surface area (Å²) in [4.78, 5) is 32.7. The standard InChI is InChI=1S/C27H37N7O/c1-19(2)22-9-7-8-10-23(22)25-28-15-24(31(4)5)26(30-25)34(18-35)17-21-11-13-33(14-12-21)27-29-20(3)16-32(27)6/h7-10,15-16,18-19,21H,11-14,17H2,1-6H3. The zero-order valence-electron chi connectivity index (χ0n) is 21.8. The van der Waals surface area contributed by atoms with Crippen LogP contribution in [0.25, 0.3) is 11.4 Å². The Balaban J connectivity index is 1.56. The lowest BCUT2D eigenvalue weighted by atomic mass is 9.96. The summed E-state index contributed by atoms with van der Waals surface area (Å²) in [6.45, 7) is 8.86. The second-order valence-electron chi connectivity index (χ2n) is 10.0. The number of rotatable bonds is 8. The average molecular weight is 476 g/mol. The highest BCUT2D eigenvalue weighted by Crippen LogP contribution is 2.32. The van der Waals surface area contributed by atoms with Gasteiger partial charge in [0.1, 0.15) is 0 Å². The van der Waals surface area contributed by atoms with Gasteiger partial charge in [-0.2, -0.15) is 0 Å². The lowest BCUT2D eigenvalue weighted by molar-refractivity contribution is -0.107. The van der Waals surface area contributed by atoms with E-state index in [0.717, 1.165) is 55.2 Å². The first-order valence-electron chi connectivity index (χ1n) is 12.4. The lowest BCUT2D eigenvalue weighted by Crippen LogP contribution is -2.40. The number of amides is 1. The largest absolute Gasteiger partial charge is 0.373 e. The van der Waals surface area contributed by atoms with Crippen LogP contribution in [0, 0.1) is 12.8 Å². The van der Waals surface area contributed by atoms with Crippen molar-refractivity contribution in [1.82, 2.24) is 19.5 Å². The van der Waals surface area contributed by atoms with Gasteiger partial charge in [0.25, 0.3) is 0 Å². The summed E-state index contributed by atoms with van der Waals surface area (Å²) in [6, 6.07) is 8.24. The Hall–Kier alpha value is -3.42. The number of aromatic nitrogens is 4. The van der Waals surface area contributed by atoms with Gasteiger partial charge in [-0.05, 0) is 37.2 Å². The van der Waals surface area contributed by atoms with E-state index >= 15 is 0 Å². The van der Waals surface area contributed by atoms with Crippen molar-refractivity contribution in [3.05, 3.63) is 47.9 Å². The summed E-state index contributed by atoms with van der Waals surface area (Å²) >= 11 is 0. The minimum absolute atomic E-state index is 0.349. The second kappa shape index (κ2) is 10.5. The molecule has 35 heavy (non-hydrogen) atoms. The monoisotopic (exact) mass is 475 g/mol. The first kappa shape index (κ1) is 24.7. The summed E-state index contributed by atoms with van der Waals surface area (Å²) in [7, 11) is 5.96. The van der Waals surface area contributed by atoms with Crippen LogP contribution in [-0.4, -0.2) is 59.7 Å². The first-order chi connectivity index (χ1) is 16.8. The van der Waals surface area contributed by atoms with Crippen molar-refractivity contribution >= 4 is 23.9 Å². The van der Waals surface area contributed by atoms with Crippen molar-refractivity contribution in [2.24, 2.45) is 13.0 Å². The Morgan fingerprint density at radius 2 is 1.86 bits per heavy atom. The number of benzene rings is 1. The molecule has 0 saturated carbocycles. The second-order valence-corrected chi connectivity index (χ2v) is 10.0. The molecule has 3 heterocycles. The van der Waals surface area contributed by atoms with Gasteiger partial charge in [0, 0.05) is 52.5 Å². The molecule has 4 rings (SSSR count). The van der Waals surface area contributed by atoms with E-state index in [1.54, 1.807) is 4.90 Å². The summed E-state index contributed by atoms with van der Waals surface area (Å²) in [6.07, 6.45) is 6.81. The predicted octanol–water partition coefficient (Wildman–Crippen LogP) is 4.25. The van der Waals surface area contributed by atoms with Crippen molar-refractivity contribution in [2.75, 3.05) is 48.4 Å². The van der Waals surface area contributed by atoms with E-state index in [4.69, 9.17) is 4.98 Å². The first-order valence-corrected chi connectivity index (χ1v) is 12.4. The quantitative estimate of drug-likeness (QED) is 0.454. The molecule has 1 aliphatic heterocycles. The van der Waals surface area contributed by atoms with Crippen molar-refractivity contribution in [2.45, 2.75) is 39.5 Å². The molecule has 1 saturated heterocycles. The highest BCUT2D eigenvalue weighted by Gasteiger charge is 2.26. The molecule has 186 valence electrons. The molecular formula is C27H37N7O. The van der Waals surface area contributed by atoms with E-state index < -0.39 is 0 Å². The molecule has 0 radical (unpaired) electrons. The van der Waals surface area contributed by atoms with E-state index in [2.05, 4.69) is 51.6 Å². The van der Waals surface area contributed by atoms with Crippen molar-refractivity contribution in [3.63, 3.8) is 0 Å². The third kappa shape index (κ3) is 5.31. The van der Waals surface area contributed by atoms with E-state index in [9.17, 15) is 4.79 Å². The van der Waals surface area contributed by atoms with Crippen molar-refractivity contribution in [1.29, 1.82) is 0 Å². The Labute approximate surface area is 208 Å². The maximum atomic E-state index is 12.3. The van der Waals surface area contributed by atoms with Crippen molar-refractivity contribution < 1.29 is 4.79 Å². The summed E-state index contributed by atoms with van der Waals surface area (Å²) < 4.78 is 2.09. The molecule has 0 unspecified atom stereocenters. The molecule has 1 fully saturated rings. The van der Waals surface area contributed by atoms with Gasteiger partial charge < -0.3 is 14.4 Å². The van der Waals surface area contributed by atoms with E-state index in [-0.39, 0.29) is 0 Å². The molecule has 0 aliphatic carbocycles. The van der Waals surface area contributed by atoms with E-state index in [1.807, 2.05) is 51.3 Å². The smallest absolute Gasteiger partial charge is 0.215 e. The number of carbonyl (C=O) groups is 1. The van der Waals surface area contributed by atoms with Gasteiger partial charge in [-0.1, -0.05) is 38.1 Å². The van der Waals surface area contributed by atoms with Crippen LogP contribution in [0.5, 0.6) is 0 Å². The van der Waals surface area contributed by atoms with Gasteiger partial charge in [-0.25, -0.2) is 15.0 Å². The molecule has 0 N–H and O–H groups in total. The van der Waals surface area contributed by atoms with Crippen LogP contribution < -0.4 is 14.7 Å². The normalized spacial score (nSPS) is 14.4. The van der Waals surface area contributed by atoms with Crippen LogP contribution in [0.1, 0.15) is 43.9 Å². The fourth-order valence-electron chi connectivity index (χ4n) is 4.90. The van der Waals surface area contributed by atoms with Crippen LogP contribution in [0.4, 0.5) is 17.5 Å². The molecule has 1 aromatic carbocycles. The molecule has 0 spiro atoms. The lowest BCUT2D eigenvalue weighted by Gasteiger charge is -2.34. The van der Waals surface area contributed by atoms with Crippen molar-refractivity contribution in [3.8, 4) is 11.4 Å². The number of hydrogen-bond acceptors (Lipinski definition) is 6. The van der Waals surface area contributed by atoms with Crippen LogP contribution in [0.15, 0.2) is 36.7 Å². The summed E-state index contributed by atoms with van der Waals surface area (Å²) in [5, 5.41) is 0.